The van der Waals surface area contributed by atoms with Crippen LogP contribution < -0.4 is 0 Å². The Morgan fingerprint density at radius 3 is 2.88 bits per heavy atom. The van der Waals surface area contributed by atoms with E-state index in [1.807, 2.05) is 12.3 Å². The van der Waals surface area contributed by atoms with Crippen LogP contribution in [0.15, 0.2) is 28.1 Å². The Balaban J connectivity index is 2.17. The van der Waals surface area contributed by atoms with Gasteiger partial charge in [-0.1, -0.05) is 22.0 Å². The number of hydrogen-bond donors (Lipinski definition) is 1. The van der Waals surface area contributed by atoms with Gasteiger partial charge < -0.3 is 5.11 Å². The number of benzene rings is 1. The maximum atomic E-state index is 13.6. The Labute approximate surface area is 111 Å². The van der Waals surface area contributed by atoms with E-state index in [0.29, 0.717) is 16.5 Å². The van der Waals surface area contributed by atoms with Gasteiger partial charge in [-0.3, -0.25) is 0 Å². The number of aliphatic hydroxyl groups excluding tert-OH is 1. The first-order valence-corrected chi connectivity index (χ1v) is 6.77. The number of thiazole rings is 1. The maximum Gasteiger partial charge on any atom is 0.130 e. The van der Waals surface area contributed by atoms with Crippen molar-refractivity contribution in [1.82, 2.24) is 4.98 Å². The van der Waals surface area contributed by atoms with E-state index in [1.165, 1.54) is 17.4 Å². The quantitative estimate of drug-likeness (QED) is 0.938. The largest absolute Gasteiger partial charge is 0.388 e. The summed E-state index contributed by atoms with van der Waals surface area (Å²) in [7, 11) is 0. The molecule has 1 aromatic heterocycles. The summed E-state index contributed by atoms with van der Waals surface area (Å²) in [4.78, 5) is 4.25. The molecule has 0 fully saturated rings. The van der Waals surface area contributed by atoms with Gasteiger partial charge in [0.2, 0.25) is 0 Å². The van der Waals surface area contributed by atoms with E-state index in [2.05, 4.69) is 20.9 Å². The molecule has 0 saturated heterocycles. The Morgan fingerprint density at radius 1 is 1.53 bits per heavy atom. The third kappa shape index (κ3) is 3.12. The van der Waals surface area contributed by atoms with Crippen LogP contribution in [0.2, 0.25) is 0 Å². The summed E-state index contributed by atoms with van der Waals surface area (Å²) in [5, 5.41) is 12.7. The molecule has 0 spiro atoms. The molecule has 1 N–H and O–H groups in total. The summed E-state index contributed by atoms with van der Waals surface area (Å²) in [6.45, 7) is 1.90. The smallest absolute Gasteiger partial charge is 0.130 e. The molecule has 2 aromatic rings. The number of aliphatic hydroxyl groups is 1. The second-order valence-corrected chi connectivity index (χ2v) is 5.63. The molecule has 0 bridgehead atoms. The molecule has 0 aliphatic carbocycles. The van der Waals surface area contributed by atoms with Crippen molar-refractivity contribution in [2.24, 2.45) is 0 Å². The van der Waals surface area contributed by atoms with Crippen LogP contribution in [0.3, 0.4) is 0 Å². The summed E-state index contributed by atoms with van der Waals surface area (Å²) in [5.74, 6) is -0.403. The van der Waals surface area contributed by atoms with Crippen LogP contribution in [0, 0.1) is 12.7 Å². The predicted octanol–water partition coefficient (Wildman–Crippen LogP) is 3.63. The Morgan fingerprint density at radius 2 is 2.29 bits per heavy atom. The summed E-state index contributed by atoms with van der Waals surface area (Å²) in [6, 6.07) is 4.66. The molecule has 1 heterocycles. The summed E-state index contributed by atoms with van der Waals surface area (Å²) < 4.78 is 14.3. The lowest BCUT2D eigenvalue weighted by molar-refractivity contribution is 0.173. The average molecular weight is 316 g/mol. The molecule has 1 aromatic carbocycles. The van der Waals surface area contributed by atoms with Crippen molar-refractivity contribution in [1.29, 1.82) is 0 Å². The highest BCUT2D eigenvalue weighted by molar-refractivity contribution is 9.10. The van der Waals surface area contributed by atoms with Gasteiger partial charge >= 0.3 is 0 Å². The highest BCUT2D eigenvalue weighted by Gasteiger charge is 2.15. The van der Waals surface area contributed by atoms with Crippen LogP contribution in [0.5, 0.6) is 0 Å². The fraction of sp³-hybridized carbons (Fsp3) is 0.250. The minimum Gasteiger partial charge on any atom is -0.388 e. The first-order valence-electron chi connectivity index (χ1n) is 5.10. The van der Waals surface area contributed by atoms with Crippen molar-refractivity contribution in [3.05, 3.63) is 50.1 Å². The molecular formula is C12H11BrFNOS. The van der Waals surface area contributed by atoms with Crippen molar-refractivity contribution in [3.8, 4) is 0 Å². The molecule has 2 nitrogen and oxygen atoms in total. The van der Waals surface area contributed by atoms with Crippen LogP contribution in [-0.2, 0) is 6.42 Å². The second-order valence-electron chi connectivity index (χ2n) is 3.77. The number of halogens is 2. The van der Waals surface area contributed by atoms with Gasteiger partial charge in [0.15, 0.2) is 0 Å². The van der Waals surface area contributed by atoms with Gasteiger partial charge in [0.1, 0.15) is 5.82 Å². The van der Waals surface area contributed by atoms with Gasteiger partial charge in [0.25, 0.3) is 0 Å². The molecular weight excluding hydrogens is 305 g/mol. The fourth-order valence-electron chi connectivity index (χ4n) is 1.54. The van der Waals surface area contributed by atoms with E-state index >= 15 is 0 Å². The SMILES string of the molecule is Cc1csc(CC(O)c2ccc(Br)cc2F)n1. The van der Waals surface area contributed by atoms with Crippen LogP contribution in [0.4, 0.5) is 4.39 Å². The van der Waals surface area contributed by atoms with Gasteiger partial charge in [0, 0.05) is 27.5 Å². The zero-order valence-electron chi connectivity index (χ0n) is 9.15. The summed E-state index contributed by atoms with van der Waals surface area (Å²) in [6.07, 6.45) is -0.509. The average Bonchev–Trinajstić information content (AvgIpc) is 2.63. The van der Waals surface area contributed by atoms with Gasteiger partial charge in [-0.25, -0.2) is 9.37 Å². The van der Waals surface area contributed by atoms with Crippen molar-refractivity contribution in [2.45, 2.75) is 19.4 Å². The van der Waals surface area contributed by atoms with Crippen molar-refractivity contribution < 1.29 is 9.50 Å². The van der Waals surface area contributed by atoms with E-state index in [-0.39, 0.29) is 0 Å². The number of rotatable bonds is 3. The van der Waals surface area contributed by atoms with E-state index < -0.39 is 11.9 Å². The lowest BCUT2D eigenvalue weighted by Gasteiger charge is -2.10. The molecule has 1 atom stereocenters. The van der Waals surface area contributed by atoms with Gasteiger partial charge in [-0.2, -0.15) is 0 Å². The minimum atomic E-state index is -0.853. The van der Waals surface area contributed by atoms with Crippen LogP contribution in [0.25, 0.3) is 0 Å². The van der Waals surface area contributed by atoms with Crippen LogP contribution >= 0.6 is 27.3 Å². The van der Waals surface area contributed by atoms with Crippen LogP contribution in [-0.4, -0.2) is 10.1 Å². The number of aryl methyl sites for hydroxylation is 1. The Kier molecular flexibility index (Phi) is 3.91. The molecule has 0 aliphatic rings. The second kappa shape index (κ2) is 5.25. The Hall–Kier alpha value is -0.780. The molecule has 17 heavy (non-hydrogen) atoms. The molecule has 0 radical (unpaired) electrons. The zero-order chi connectivity index (χ0) is 12.4. The summed E-state index contributed by atoms with van der Waals surface area (Å²) in [5.41, 5.74) is 1.23. The Bertz CT molecular complexity index is 529. The normalized spacial score (nSPS) is 12.7. The monoisotopic (exact) mass is 315 g/mol. The molecule has 5 heteroatoms. The van der Waals surface area contributed by atoms with Gasteiger partial charge in [-0.05, 0) is 19.1 Å². The van der Waals surface area contributed by atoms with E-state index in [4.69, 9.17) is 0 Å². The molecule has 0 saturated carbocycles. The van der Waals surface area contributed by atoms with Crippen molar-refractivity contribution in [2.75, 3.05) is 0 Å². The molecule has 1 unspecified atom stereocenters. The minimum absolute atomic E-state index is 0.307. The first-order chi connectivity index (χ1) is 8.06. The number of aromatic nitrogens is 1. The maximum absolute atomic E-state index is 13.6. The molecule has 90 valence electrons. The number of nitrogens with zero attached hydrogens (tertiary/aromatic N) is 1. The predicted molar refractivity (Wildman–Crippen MR) is 69.6 cm³/mol. The third-order valence-corrected chi connectivity index (χ3v) is 3.84. The van der Waals surface area contributed by atoms with Crippen LogP contribution in [0.1, 0.15) is 22.4 Å². The molecule has 0 amide bonds. The summed E-state index contributed by atoms with van der Waals surface area (Å²) >= 11 is 4.66. The fourth-order valence-corrected chi connectivity index (χ4v) is 2.69. The van der Waals surface area contributed by atoms with Crippen molar-refractivity contribution in [3.63, 3.8) is 0 Å². The molecule has 0 aliphatic heterocycles. The zero-order valence-corrected chi connectivity index (χ0v) is 11.6. The van der Waals surface area contributed by atoms with E-state index in [9.17, 15) is 9.50 Å². The van der Waals surface area contributed by atoms with Gasteiger partial charge in [0.05, 0.1) is 11.1 Å². The molecule has 2 rings (SSSR count). The van der Waals surface area contributed by atoms with E-state index in [0.717, 1.165) is 10.7 Å². The lowest BCUT2D eigenvalue weighted by atomic mass is 10.1. The van der Waals surface area contributed by atoms with Gasteiger partial charge in [-0.15, -0.1) is 11.3 Å². The van der Waals surface area contributed by atoms with E-state index in [1.54, 1.807) is 12.1 Å². The number of hydrogen-bond acceptors (Lipinski definition) is 3. The lowest BCUT2D eigenvalue weighted by Crippen LogP contribution is -2.04. The topological polar surface area (TPSA) is 33.1 Å². The first kappa shape index (κ1) is 12.7. The highest BCUT2D eigenvalue weighted by Crippen LogP contribution is 2.24. The highest BCUT2D eigenvalue weighted by atomic mass is 79.9. The standard InChI is InChI=1S/C12H11BrFNOS/c1-7-6-17-12(15-7)5-11(16)9-3-2-8(13)4-10(9)14/h2-4,6,11,16H,5H2,1H3. The third-order valence-electron chi connectivity index (χ3n) is 2.36. The van der Waals surface area contributed by atoms with Crippen molar-refractivity contribution >= 4 is 27.3 Å².